The highest BCUT2D eigenvalue weighted by Crippen LogP contribution is 2.12. The number of carbonyl (C=O) groups excluding carboxylic acids is 1. The summed E-state index contributed by atoms with van der Waals surface area (Å²) in [4.78, 5) is 11.1. The van der Waals surface area contributed by atoms with E-state index in [2.05, 4.69) is 8.92 Å². The fraction of sp³-hybridized carbons (Fsp3) is 0.364. The maximum atomic E-state index is 11.6. The Morgan fingerprint density at radius 1 is 1.18 bits per heavy atom. The van der Waals surface area contributed by atoms with Gasteiger partial charge in [0.05, 0.1) is 4.90 Å². The van der Waals surface area contributed by atoms with Crippen molar-refractivity contribution < 1.29 is 22.1 Å². The van der Waals surface area contributed by atoms with Crippen molar-refractivity contribution in [1.29, 1.82) is 0 Å². The van der Waals surface area contributed by atoms with E-state index in [-0.39, 0.29) is 11.5 Å². The van der Waals surface area contributed by atoms with E-state index in [1.54, 1.807) is 12.1 Å². The van der Waals surface area contributed by atoms with E-state index in [9.17, 15) is 13.2 Å². The SMILES string of the molecule is COCC(=O)COS(=O)(=O)c1ccc(C)cc1. The van der Waals surface area contributed by atoms with Gasteiger partial charge in [-0.25, -0.2) is 0 Å². The van der Waals surface area contributed by atoms with Crippen molar-refractivity contribution in [3.63, 3.8) is 0 Å². The van der Waals surface area contributed by atoms with E-state index in [0.29, 0.717) is 0 Å². The molecule has 1 aromatic carbocycles. The molecule has 0 heterocycles. The number of Topliss-reactive ketones (excluding diaryl/α,β-unsaturated/α-hetero) is 1. The van der Waals surface area contributed by atoms with Gasteiger partial charge in [0.25, 0.3) is 10.1 Å². The first-order chi connectivity index (χ1) is 7.95. The van der Waals surface area contributed by atoms with Crippen LogP contribution in [0.5, 0.6) is 0 Å². The van der Waals surface area contributed by atoms with Crippen LogP contribution in [0.25, 0.3) is 0 Å². The Morgan fingerprint density at radius 3 is 2.29 bits per heavy atom. The van der Waals surface area contributed by atoms with Crippen molar-refractivity contribution in [2.24, 2.45) is 0 Å². The van der Waals surface area contributed by atoms with Gasteiger partial charge in [0.1, 0.15) is 13.2 Å². The molecule has 0 aliphatic carbocycles. The Kier molecular flexibility index (Phi) is 4.80. The Morgan fingerprint density at radius 2 is 1.76 bits per heavy atom. The molecule has 17 heavy (non-hydrogen) atoms. The largest absolute Gasteiger partial charge is 0.377 e. The topological polar surface area (TPSA) is 69.7 Å². The lowest BCUT2D eigenvalue weighted by molar-refractivity contribution is -0.124. The molecule has 0 atom stereocenters. The molecular formula is C11H14O5S. The van der Waals surface area contributed by atoms with E-state index in [1.165, 1.54) is 19.2 Å². The number of ether oxygens (including phenoxy) is 1. The molecule has 0 aromatic heterocycles. The molecule has 0 aliphatic heterocycles. The third-order valence-electron chi connectivity index (χ3n) is 1.99. The van der Waals surface area contributed by atoms with Gasteiger partial charge in [0.2, 0.25) is 0 Å². The maximum absolute atomic E-state index is 11.6. The smallest absolute Gasteiger partial charge is 0.297 e. The maximum Gasteiger partial charge on any atom is 0.297 e. The molecule has 0 N–H and O–H groups in total. The average molecular weight is 258 g/mol. The Labute approximate surface area is 100 Å². The zero-order chi connectivity index (χ0) is 12.9. The second-order valence-corrected chi connectivity index (χ2v) is 5.12. The van der Waals surface area contributed by atoms with Crippen molar-refractivity contribution >= 4 is 15.9 Å². The Bertz CT molecular complexity index is 475. The number of ketones is 1. The number of benzene rings is 1. The molecule has 0 fully saturated rings. The summed E-state index contributed by atoms with van der Waals surface area (Å²) in [6.45, 7) is 1.17. The van der Waals surface area contributed by atoms with E-state index in [4.69, 9.17) is 0 Å². The standard InChI is InChI=1S/C11H14O5S/c1-9-3-5-11(6-4-9)17(13,14)16-8-10(12)7-15-2/h3-6H,7-8H2,1-2H3. The van der Waals surface area contributed by atoms with Crippen molar-refractivity contribution in [3.8, 4) is 0 Å². The molecule has 0 saturated heterocycles. The highest BCUT2D eigenvalue weighted by molar-refractivity contribution is 7.86. The molecule has 5 nitrogen and oxygen atoms in total. The number of methoxy groups -OCH3 is 1. The molecule has 0 unspecified atom stereocenters. The average Bonchev–Trinajstić information content (AvgIpc) is 2.28. The fourth-order valence-corrected chi connectivity index (χ4v) is 2.01. The van der Waals surface area contributed by atoms with Crippen LogP contribution < -0.4 is 0 Å². The molecular weight excluding hydrogens is 244 g/mol. The molecule has 1 rings (SSSR count). The zero-order valence-electron chi connectivity index (χ0n) is 9.67. The zero-order valence-corrected chi connectivity index (χ0v) is 10.5. The number of aryl methyl sites for hydroxylation is 1. The van der Waals surface area contributed by atoms with Crippen LogP contribution in [0.3, 0.4) is 0 Å². The highest BCUT2D eigenvalue weighted by Gasteiger charge is 2.16. The number of carbonyl (C=O) groups is 1. The van der Waals surface area contributed by atoms with Crippen molar-refractivity contribution in [1.82, 2.24) is 0 Å². The van der Waals surface area contributed by atoms with E-state index >= 15 is 0 Å². The monoisotopic (exact) mass is 258 g/mol. The molecule has 0 amide bonds. The van der Waals surface area contributed by atoms with E-state index in [0.717, 1.165) is 5.56 Å². The lowest BCUT2D eigenvalue weighted by atomic mass is 10.2. The van der Waals surface area contributed by atoms with Gasteiger partial charge in [-0.2, -0.15) is 8.42 Å². The molecule has 0 radical (unpaired) electrons. The third-order valence-corrected chi connectivity index (χ3v) is 3.27. The normalized spacial score (nSPS) is 11.4. The Balaban J connectivity index is 2.69. The predicted octanol–water partition coefficient (Wildman–Crippen LogP) is 0.916. The van der Waals surface area contributed by atoms with Gasteiger partial charge in [0.15, 0.2) is 5.78 Å². The van der Waals surface area contributed by atoms with Gasteiger partial charge in [-0.15, -0.1) is 0 Å². The van der Waals surface area contributed by atoms with Gasteiger partial charge in [-0.1, -0.05) is 17.7 Å². The second-order valence-electron chi connectivity index (χ2n) is 3.50. The summed E-state index contributed by atoms with van der Waals surface area (Å²) in [5, 5.41) is 0. The molecule has 0 spiro atoms. The van der Waals surface area contributed by atoms with Crippen molar-refractivity contribution in [2.45, 2.75) is 11.8 Å². The predicted molar refractivity (Wildman–Crippen MR) is 61.2 cm³/mol. The van der Waals surface area contributed by atoms with Gasteiger partial charge < -0.3 is 4.74 Å². The van der Waals surface area contributed by atoms with Gasteiger partial charge in [-0.3, -0.25) is 8.98 Å². The minimum atomic E-state index is -3.87. The molecule has 94 valence electrons. The van der Waals surface area contributed by atoms with Crippen LogP contribution >= 0.6 is 0 Å². The van der Waals surface area contributed by atoms with Gasteiger partial charge in [-0.05, 0) is 19.1 Å². The van der Waals surface area contributed by atoms with Gasteiger partial charge in [0, 0.05) is 7.11 Å². The summed E-state index contributed by atoms with van der Waals surface area (Å²) >= 11 is 0. The molecule has 0 bridgehead atoms. The second kappa shape index (κ2) is 5.90. The lowest BCUT2D eigenvalue weighted by Crippen LogP contribution is -2.18. The highest BCUT2D eigenvalue weighted by atomic mass is 32.2. The number of hydrogen-bond acceptors (Lipinski definition) is 5. The van der Waals surface area contributed by atoms with Crippen LogP contribution in [0.2, 0.25) is 0 Å². The van der Waals surface area contributed by atoms with Crippen LogP contribution in [-0.4, -0.2) is 34.5 Å². The third kappa shape index (κ3) is 4.26. The first-order valence-corrected chi connectivity index (χ1v) is 6.33. The summed E-state index contributed by atoms with van der Waals surface area (Å²) in [6, 6.07) is 6.19. The first-order valence-electron chi connectivity index (χ1n) is 4.92. The summed E-state index contributed by atoms with van der Waals surface area (Å²) in [6.07, 6.45) is 0. The van der Waals surface area contributed by atoms with E-state index in [1.807, 2.05) is 6.92 Å². The summed E-state index contributed by atoms with van der Waals surface area (Å²) in [7, 11) is -2.51. The first kappa shape index (κ1) is 13.8. The molecule has 1 aromatic rings. The minimum absolute atomic E-state index is 0.0355. The number of rotatable bonds is 6. The van der Waals surface area contributed by atoms with Crippen LogP contribution in [0, 0.1) is 6.92 Å². The van der Waals surface area contributed by atoms with Crippen molar-refractivity contribution in [2.75, 3.05) is 20.3 Å². The Hall–Kier alpha value is -1.24. The summed E-state index contributed by atoms with van der Waals surface area (Å²) in [5.74, 6) is -0.428. The van der Waals surface area contributed by atoms with Crippen LogP contribution in [0.1, 0.15) is 5.56 Å². The summed E-state index contributed by atoms with van der Waals surface area (Å²) in [5.41, 5.74) is 0.944. The minimum Gasteiger partial charge on any atom is -0.377 e. The number of hydrogen-bond donors (Lipinski definition) is 0. The van der Waals surface area contributed by atoms with Crippen LogP contribution in [0.4, 0.5) is 0 Å². The molecule has 0 aliphatic rings. The van der Waals surface area contributed by atoms with Crippen LogP contribution in [0.15, 0.2) is 29.2 Å². The van der Waals surface area contributed by atoms with Crippen LogP contribution in [-0.2, 0) is 23.8 Å². The molecule has 0 saturated carbocycles. The van der Waals surface area contributed by atoms with Crippen molar-refractivity contribution in [3.05, 3.63) is 29.8 Å². The summed E-state index contributed by atoms with van der Waals surface area (Å²) < 4.78 is 32.5. The molecule has 6 heteroatoms. The van der Waals surface area contributed by atoms with Gasteiger partial charge >= 0.3 is 0 Å². The lowest BCUT2D eigenvalue weighted by Gasteiger charge is -2.05. The van der Waals surface area contributed by atoms with E-state index < -0.39 is 22.5 Å². The fourth-order valence-electron chi connectivity index (χ4n) is 1.12. The quantitative estimate of drug-likeness (QED) is 0.709.